The Morgan fingerprint density at radius 1 is 1.25 bits per heavy atom. The number of ether oxygens (including phenoxy) is 2. The molecule has 1 aliphatic heterocycles. The van der Waals surface area contributed by atoms with E-state index < -0.39 is 6.10 Å². The lowest BCUT2D eigenvalue weighted by atomic mass is 10.1. The van der Waals surface area contributed by atoms with Gasteiger partial charge in [-0.15, -0.1) is 5.10 Å². The summed E-state index contributed by atoms with van der Waals surface area (Å²) in [4.78, 5) is 9.15. The van der Waals surface area contributed by atoms with Gasteiger partial charge in [0.15, 0.2) is 11.6 Å². The highest BCUT2D eigenvalue weighted by Crippen LogP contribution is 2.29. The second-order valence-electron chi connectivity index (χ2n) is 7.99. The van der Waals surface area contributed by atoms with Gasteiger partial charge in [-0.2, -0.15) is 0 Å². The van der Waals surface area contributed by atoms with Crippen LogP contribution < -0.4 is 5.32 Å². The Morgan fingerprint density at radius 3 is 2.69 bits per heavy atom. The summed E-state index contributed by atoms with van der Waals surface area (Å²) in [6, 6.07) is 10.2. The molecular formula is C24H28FN5O2. The van der Waals surface area contributed by atoms with Crippen molar-refractivity contribution < 1.29 is 13.9 Å². The minimum Gasteiger partial charge on any atom is -0.381 e. The smallest absolute Gasteiger partial charge is 0.184 e. The topological polar surface area (TPSA) is 73.0 Å². The van der Waals surface area contributed by atoms with E-state index in [4.69, 9.17) is 19.6 Å². The van der Waals surface area contributed by atoms with Crippen LogP contribution in [0.1, 0.15) is 44.2 Å². The molecular weight excluding hydrogens is 409 g/mol. The predicted octanol–water partition coefficient (Wildman–Crippen LogP) is 4.56. The van der Waals surface area contributed by atoms with Crippen LogP contribution in [0.3, 0.4) is 0 Å². The van der Waals surface area contributed by atoms with Gasteiger partial charge < -0.3 is 14.8 Å². The number of nitrogens with zero attached hydrogens (tertiary/aromatic N) is 4. The standard InChI is InChI=1S/C24H28FN5O2/c1-16(2)15-21(26-3)27-23-20-5-4-12-30(20)29-24(28-23)22(17-6-8-18(25)9-7-17)32-19-10-13-31-14-11-19/h4-9,12,15,19,22H,10-11,13-14H2,1-3H3,(H,26,27,28,29). The van der Waals surface area contributed by atoms with E-state index in [-0.39, 0.29) is 11.9 Å². The molecule has 0 amide bonds. The van der Waals surface area contributed by atoms with Gasteiger partial charge in [0.25, 0.3) is 0 Å². The van der Waals surface area contributed by atoms with Gasteiger partial charge in [0.1, 0.15) is 23.3 Å². The van der Waals surface area contributed by atoms with E-state index in [9.17, 15) is 4.39 Å². The van der Waals surface area contributed by atoms with Crippen LogP contribution in [0.4, 0.5) is 10.2 Å². The zero-order chi connectivity index (χ0) is 22.5. The fourth-order valence-corrected chi connectivity index (χ4v) is 3.64. The van der Waals surface area contributed by atoms with Gasteiger partial charge in [-0.3, -0.25) is 4.99 Å². The van der Waals surface area contributed by atoms with E-state index >= 15 is 0 Å². The number of allylic oxidation sites excluding steroid dienone is 1. The number of aromatic nitrogens is 3. The number of hydrogen-bond acceptors (Lipinski definition) is 5. The van der Waals surface area contributed by atoms with E-state index in [1.54, 1.807) is 23.7 Å². The molecule has 1 aromatic carbocycles. The number of benzene rings is 1. The van der Waals surface area contributed by atoms with E-state index in [0.717, 1.165) is 29.5 Å². The van der Waals surface area contributed by atoms with Crippen LogP contribution in [0.5, 0.6) is 0 Å². The lowest BCUT2D eigenvalue weighted by Gasteiger charge is -2.27. The molecule has 0 radical (unpaired) electrons. The molecule has 1 fully saturated rings. The van der Waals surface area contributed by atoms with Crippen molar-refractivity contribution in [2.24, 2.45) is 4.99 Å². The quantitative estimate of drug-likeness (QED) is 0.452. The Balaban J connectivity index is 1.75. The zero-order valence-electron chi connectivity index (χ0n) is 18.6. The Bertz CT molecular complexity index is 1110. The molecule has 2 aromatic heterocycles. The molecule has 7 nitrogen and oxygen atoms in total. The third kappa shape index (κ3) is 5.20. The summed E-state index contributed by atoms with van der Waals surface area (Å²) in [7, 11) is 1.73. The van der Waals surface area contributed by atoms with Crippen molar-refractivity contribution in [3.63, 3.8) is 0 Å². The minimum absolute atomic E-state index is 0.0117. The van der Waals surface area contributed by atoms with Crippen LogP contribution in [-0.2, 0) is 9.47 Å². The van der Waals surface area contributed by atoms with E-state index in [0.29, 0.717) is 30.7 Å². The number of halogens is 1. The van der Waals surface area contributed by atoms with Crippen LogP contribution in [0.15, 0.2) is 59.2 Å². The first kappa shape index (κ1) is 22.1. The summed E-state index contributed by atoms with van der Waals surface area (Å²) in [6.45, 7) is 5.34. The summed E-state index contributed by atoms with van der Waals surface area (Å²) in [5.74, 6) is 1.51. The maximum absolute atomic E-state index is 13.6. The molecule has 168 valence electrons. The van der Waals surface area contributed by atoms with Crippen LogP contribution >= 0.6 is 0 Å². The number of anilines is 1. The van der Waals surface area contributed by atoms with Gasteiger partial charge in [-0.1, -0.05) is 17.7 Å². The molecule has 0 aliphatic carbocycles. The molecule has 1 saturated heterocycles. The van der Waals surface area contributed by atoms with Gasteiger partial charge in [0.05, 0.1) is 6.10 Å². The third-order valence-corrected chi connectivity index (χ3v) is 5.22. The summed E-state index contributed by atoms with van der Waals surface area (Å²) >= 11 is 0. The zero-order valence-corrected chi connectivity index (χ0v) is 18.6. The second kappa shape index (κ2) is 10.0. The summed E-state index contributed by atoms with van der Waals surface area (Å²) in [5, 5.41) is 8.03. The molecule has 0 spiro atoms. The second-order valence-corrected chi connectivity index (χ2v) is 7.99. The summed E-state index contributed by atoms with van der Waals surface area (Å²) < 4.78 is 27.3. The maximum Gasteiger partial charge on any atom is 0.184 e. The van der Waals surface area contributed by atoms with Crippen LogP contribution in [0.25, 0.3) is 5.52 Å². The Hall–Kier alpha value is -3.10. The molecule has 3 heterocycles. The van der Waals surface area contributed by atoms with Crippen LogP contribution in [-0.4, -0.2) is 46.8 Å². The Morgan fingerprint density at radius 2 is 2.00 bits per heavy atom. The van der Waals surface area contributed by atoms with Gasteiger partial charge in [-0.25, -0.2) is 13.9 Å². The number of rotatable bonds is 6. The summed E-state index contributed by atoms with van der Waals surface area (Å²) in [6.07, 6.45) is 4.88. The molecule has 1 atom stereocenters. The average molecular weight is 438 g/mol. The lowest BCUT2D eigenvalue weighted by Crippen LogP contribution is -2.27. The Kier molecular flexibility index (Phi) is 6.92. The van der Waals surface area contributed by atoms with Crippen molar-refractivity contribution in [1.29, 1.82) is 0 Å². The molecule has 0 saturated carbocycles. The molecule has 8 heteroatoms. The molecule has 1 N–H and O–H groups in total. The van der Waals surface area contributed by atoms with E-state index in [1.807, 2.05) is 38.3 Å². The molecule has 4 rings (SSSR count). The number of nitrogens with one attached hydrogen (secondary N) is 1. The molecule has 32 heavy (non-hydrogen) atoms. The predicted molar refractivity (Wildman–Crippen MR) is 123 cm³/mol. The van der Waals surface area contributed by atoms with Crippen LogP contribution in [0.2, 0.25) is 0 Å². The number of fused-ring (bicyclic) bond motifs is 1. The monoisotopic (exact) mass is 437 g/mol. The molecule has 0 bridgehead atoms. The highest BCUT2D eigenvalue weighted by Gasteiger charge is 2.26. The molecule has 3 aromatic rings. The number of aliphatic imine (C=N–C) groups is 1. The SMILES string of the molecule is CN=C(C=C(C)C)Nc1nc(C(OC2CCOCC2)c2ccc(F)cc2)nn2cccc12. The lowest BCUT2D eigenvalue weighted by molar-refractivity contribution is -0.0593. The highest BCUT2D eigenvalue weighted by atomic mass is 19.1. The normalized spacial score (nSPS) is 16.2. The van der Waals surface area contributed by atoms with Crippen molar-refractivity contribution in [2.45, 2.75) is 38.9 Å². The van der Waals surface area contributed by atoms with Gasteiger partial charge in [0, 0.05) is 26.5 Å². The van der Waals surface area contributed by atoms with Crippen LogP contribution in [0, 0.1) is 5.82 Å². The van der Waals surface area contributed by atoms with Gasteiger partial charge >= 0.3 is 0 Å². The van der Waals surface area contributed by atoms with E-state index in [1.165, 1.54) is 12.1 Å². The molecule has 1 unspecified atom stereocenters. The van der Waals surface area contributed by atoms with E-state index in [2.05, 4.69) is 10.3 Å². The van der Waals surface area contributed by atoms with Gasteiger partial charge in [-0.05, 0) is 62.6 Å². The minimum atomic E-state index is -0.545. The largest absolute Gasteiger partial charge is 0.381 e. The van der Waals surface area contributed by atoms with Crippen molar-refractivity contribution in [2.75, 3.05) is 25.6 Å². The first-order valence-electron chi connectivity index (χ1n) is 10.8. The van der Waals surface area contributed by atoms with Crippen molar-refractivity contribution >= 4 is 17.2 Å². The average Bonchev–Trinajstić information content (AvgIpc) is 3.27. The third-order valence-electron chi connectivity index (χ3n) is 5.22. The number of amidine groups is 1. The highest BCUT2D eigenvalue weighted by molar-refractivity contribution is 6.05. The maximum atomic E-state index is 13.6. The number of hydrogen-bond donors (Lipinski definition) is 1. The van der Waals surface area contributed by atoms with Gasteiger partial charge in [0.2, 0.25) is 0 Å². The molecule has 1 aliphatic rings. The van der Waals surface area contributed by atoms with Crippen molar-refractivity contribution in [3.8, 4) is 0 Å². The first-order chi connectivity index (χ1) is 15.5. The fraction of sp³-hybridized carbons (Fsp3) is 0.375. The first-order valence-corrected chi connectivity index (χ1v) is 10.8. The summed E-state index contributed by atoms with van der Waals surface area (Å²) in [5.41, 5.74) is 2.73. The van der Waals surface area contributed by atoms with Crippen molar-refractivity contribution in [1.82, 2.24) is 14.6 Å². The van der Waals surface area contributed by atoms with Crippen molar-refractivity contribution in [3.05, 3.63) is 71.4 Å². The Labute approximate surface area is 187 Å². The fourth-order valence-electron chi connectivity index (χ4n) is 3.64.